The molecule has 2 N–H and O–H groups in total. The standard InChI is InChI=1S/C74H58B2F6N8O10S4/c1-84-66(72-86-59-45-56(98-3)39-41-61(59)102-72)70-65-64(67(90(70)76(51-24-12-6-13-25-51)52-26-14-7-15-27-52)47-30-34-53(35-31-47)99-42-18-16-28-62(91)87-103(93,94)73(77,78)79)69(57(46-83)71-85-58-44-55(97-2)38-40-60(58)101-71)89(75(49-20-8-4-9-21-49)50-22-10-5-11-23-50)68(65)48-32-36-54(37-33-48)100-43-19-17-29-63(92)88-104(95,96)74(80,81)82/h4-15,20-27,30-41,44-45H,16-19,28-29,42-43H2,2-3H3,(H,87,91)(H,88,92)/b69-57-,70-66+. The van der Waals surface area contributed by atoms with Gasteiger partial charge in [-0.1, -0.05) is 143 Å². The van der Waals surface area contributed by atoms with Crippen LogP contribution in [0.25, 0.3) is 69.8 Å². The van der Waals surface area contributed by atoms with Gasteiger partial charge in [-0.25, -0.2) is 24.3 Å². The molecule has 0 saturated carbocycles. The van der Waals surface area contributed by atoms with E-state index >= 15 is 0 Å². The van der Waals surface area contributed by atoms with Crippen LogP contribution in [0, 0.1) is 17.9 Å². The molecule has 526 valence electrons. The number of fused-ring (bicyclic) bond motifs is 3. The number of hydrogen-bond donors (Lipinski definition) is 2. The van der Waals surface area contributed by atoms with Gasteiger partial charge in [0.2, 0.25) is 17.5 Å². The molecule has 0 fully saturated rings. The molecule has 18 nitrogen and oxygen atoms in total. The second kappa shape index (κ2) is 30.8. The summed E-state index contributed by atoms with van der Waals surface area (Å²) >= 11 is 2.59. The number of ether oxygens (including phenoxy) is 4. The summed E-state index contributed by atoms with van der Waals surface area (Å²) in [5.74, 6) is -0.950. The quantitative estimate of drug-likeness (QED) is 0.0223. The van der Waals surface area contributed by atoms with Gasteiger partial charge in [-0.15, -0.1) is 22.7 Å². The van der Waals surface area contributed by atoms with Crippen LogP contribution < -0.4 is 60.9 Å². The largest absolute Gasteiger partial charge is 0.516 e. The Hall–Kier alpha value is -11.2. The zero-order valence-electron chi connectivity index (χ0n) is 55.1. The van der Waals surface area contributed by atoms with Crippen LogP contribution in [0.15, 0.2) is 206 Å². The third kappa shape index (κ3) is 15.3. The van der Waals surface area contributed by atoms with E-state index in [0.717, 1.165) is 40.7 Å². The minimum absolute atomic E-state index is 0.0311. The highest BCUT2D eigenvalue weighted by atomic mass is 32.2. The number of rotatable bonds is 26. The molecule has 4 heterocycles. The number of carbonyl (C=O) groups excluding carboxylic acids is 2. The number of hydrogen-bond acceptors (Lipinski definition) is 15. The minimum atomic E-state index is -5.91. The average Bonchev–Trinajstić information content (AvgIpc) is 1.52. The highest BCUT2D eigenvalue weighted by molar-refractivity contribution is 7.91. The van der Waals surface area contributed by atoms with Gasteiger partial charge in [0.25, 0.3) is 0 Å². The SMILES string of the molecule is [C-]#[N+]/C(c1nc2cc(OC)ccc2s1)=c1\c2c(-c3ccc(OCCCCC(=O)NS(=O)(=O)C(F)(F)F)cc3)n(B(c3ccccc3)c3ccccc3)/c(=C(/C#N)c3nc4cc(OC)ccc4s3)c2c(-c2ccc(OCCCCC(=O)NS(=O)(=O)C(F)(F)F)cc2)n1B(c1ccccc1)c1ccccc1. The van der Waals surface area contributed by atoms with E-state index in [0.29, 0.717) is 88.0 Å². The summed E-state index contributed by atoms with van der Waals surface area (Å²) in [5, 5.41) is 14.8. The van der Waals surface area contributed by atoms with Crippen LogP contribution in [0.3, 0.4) is 0 Å². The maximum Gasteiger partial charge on any atom is 0.516 e. The Morgan fingerprint density at radius 3 is 1.24 bits per heavy atom. The van der Waals surface area contributed by atoms with E-state index in [1.54, 1.807) is 56.7 Å². The first kappa shape index (κ1) is 72.6. The van der Waals surface area contributed by atoms with E-state index < -0.39 is 69.4 Å². The molecule has 0 aliphatic heterocycles. The molecule has 0 aliphatic rings. The predicted molar refractivity (Wildman–Crippen MR) is 391 cm³/mol. The number of nitrogens with one attached hydrogen (secondary N) is 2. The summed E-state index contributed by atoms with van der Waals surface area (Å²) in [7, 11) is -8.73. The molecule has 4 aromatic heterocycles. The molecular formula is C74H58B2F6N8O10S4. The van der Waals surface area contributed by atoms with E-state index in [9.17, 15) is 64.6 Å². The fraction of sp³-hybridized carbons (Fsp3) is 0.162. The average molecular weight is 1480 g/mol. The minimum Gasteiger partial charge on any atom is -0.497 e. The number of carbonyl (C=O) groups is 2. The summed E-state index contributed by atoms with van der Waals surface area (Å²) in [6, 6.07) is 66.7. The summed E-state index contributed by atoms with van der Waals surface area (Å²) in [5.41, 5.74) is -4.84. The van der Waals surface area contributed by atoms with Crippen LogP contribution in [-0.4, -0.2) is 99.7 Å². The van der Waals surface area contributed by atoms with Gasteiger partial charge in [0, 0.05) is 52.5 Å². The number of amides is 2. The zero-order valence-corrected chi connectivity index (χ0v) is 58.4. The van der Waals surface area contributed by atoms with E-state index in [-0.39, 0.29) is 50.2 Å². The lowest BCUT2D eigenvalue weighted by atomic mass is 9.50. The zero-order chi connectivity index (χ0) is 73.5. The number of halogens is 6. The van der Waals surface area contributed by atoms with Crippen LogP contribution in [0.2, 0.25) is 0 Å². The summed E-state index contributed by atoms with van der Waals surface area (Å²) in [6.45, 7) is 8.01. The van der Waals surface area contributed by atoms with Crippen molar-refractivity contribution in [2.75, 3.05) is 27.4 Å². The monoisotopic (exact) mass is 1480 g/mol. The van der Waals surface area contributed by atoms with Crippen molar-refractivity contribution in [1.82, 2.24) is 28.4 Å². The molecule has 8 aromatic carbocycles. The van der Waals surface area contributed by atoms with E-state index in [1.165, 1.54) is 22.7 Å². The third-order valence-corrected chi connectivity index (χ3v) is 21.2. The molecule has 0 aliphatic carbocycles. The molecule has 0 radical (unpaired) electrons. The first-order valence-corrected chi connectivity index (χ1v) is 36.8. The Morgan fingerprint density at radius 2 is 0.875 bits per heavy atom. The van der Waals surface area contributed by atoms with Crippen LogP contribution in [0.4, 0.5) is 26.3 Å². The topological polar surface area (TPSA) is 227 Å². The molecule has 2 amide bonds. The van der Waals surface area contributed by atoms with Crippen molar-refractivity contribution in [3.63, 3.8) is 0 Å². The van der Waals surface area contributed by atoms with Gasteiger partial charge in [0.05, 0.1) is 59.8 Å². The van der Waals surface area contributed by atoms with Gasteiger partial charge in [-0.05, 0) is 110 Å². The number of aromatic nitrogens is 4. The van der Waals surface area contributed by atoms with Crippen molar-refractivity contribution in [3.05, 3.63) is 238 Å². The summed E-state index contributed by atoms with van der Waals surface area (Å²) < 4.78 is 157. The van der Waals surface area contributed by atoms with Crippen molar-refractivity contribution in [1.29, 1.82) is 5.26 Å². The van der Waals surface area contributed by atoms with Gasteiger partial charge < -0.3 is 27.9 Å². The number of nitrogens with zero attached hydrogens (tertiary/aromatic N) is 6. The molecule has 0 saturated heterocycles. The number of methoxy groups -OCH3 is 2. The van der Waals surface area contributed by atoms with Crippen molar-refractivity contribution < 1.29 is 71.7 Å². The van der Waals surface area contributed by atoms with Gasteiger partial charge in [0.1, 0.15) is 44.7 Å². The molecule has 30 heteroatoms. The Bertz CT molecular complexity index is 5220. The van der Waals surface area contributed by atoms with E-state index in [1.807, 2.05) is 164 Å². The van der Waals surface area contributed by atoms with Crippen molar-refractivity contribution in [2.45, 2.75) is 49.5 Å². The second-order valence-corrected chi connectivity index (χ2v) is 29.0. The predicted octanol–water partition coefficient (Wildman–Crippen LogP) is 11.1. The lowest BCUT2D eigenvalue weighted by Crippen LogP contribution is -2.54. The van der Waals surface area contributed by atoms with E-state index in [2.05, 4.69) is 19.9 Å². The normalized spacial score (nSPS) is 12.5. The molecule has 12 rings (SSSR count). The molecule has 104 heavy (non-hydrogen) atoms. The summed E-state index contributed by atoms with van der Waals surface area (Å²) in [6.07, 6.45) is -0.886. The van der Waals surface area contributed by atoms with Gasteiger partial charge in [-0.2, -0.15) is 48.4 Å². The van der Waals surface area contributed by atoms with E-state index in [4.69, 9.17) is 28.9 Å². The Balaban J connectivity index is 1.19. The molecule has 0 atom stereocenters. The van der Waals surface area contributed by atoms with Crippen LogP contribution >= 0.6 is 22.7 Å². The van der Waals surface area contributed by atoms with Crippen LogP contribution in [0.1, 0.15) is 48.5 Å². The molecule has 0 unspecified atom stereocenters. The molecular weight excluding hydrogens is 1420 g/mol. The number of thiazole rings is 2. The molecule has 0 spiro atoms. The fourth-order valence-electron chi connectivity index (χ4n) is 12.3. The van der Waals surface area contributed by atoms with Gasteiger partial charge >= 0.3 is 44.8 Å². The highest BCUT2D eigenvalue weighted by Gasteiger charge is 2.48. The maximum absolute atomic E-state index is 13.1. The van der Waals surface area contributed by atoms with Crippen molar-refractivity contribution >= 4 is 133 Å². The second-order valence-electron chi connectivity index (χ2n) is 23.6. The number of alkyl halides is 6. The number of unbranched alkanes of at least 4 members (excludes halogenated alkanes) is 2. The Morgan fingerprint density at radius 1 is 0.519 bits per heavy atom. The van der Waals surface area contributed by atoms with Crippen LogP contribution in [0.5, 0.6) is 23.0 Å². The smallest absolute Gasteiger partial charge is 0.497 e. The Kier molecular flexibility index (Phi) is 21.5. The lowest BCUT2D eigenvalue weighted by molar-refractivity contribution is -0.120. The fourth-order valence-corrected chi connectivity index (χ4v) is 15.2. The molecule has 0 bridgehead atoms. The lowest BCUT2D eigenvalue weighted by Gasteiger charge is -2.24. The number of nitriles is 1. The summed E-state index contributed by atoms with van der Waals surface area (Å²) in [4.78, 5) is 39.8. The first-order valence-electron chi connectivity index (χ1n) is 32.2. The molecule has 12 aromatic rings. The van der Waals surface area contributed by atoms with Crippen molar-refractivity contribution in [2.24, 2.45) is 0 Å². The first-order chi connectivity index (χ1) is 50.0. The van der Waals surface area contributed by atoms with Gasteiger partial charge in [0.15, 0.2) is 0 Å². The highest BCUT2D eigenvalue weighted by Crippen LogP contribution is 2.40. The number of sulfonamides is 2. The van der Waals surface area contributed by atoms with Crippen molar-refractivity contribution in [3.8, 4) is 51.6 Å². The maximum atomic E-state index is 13.1. The third-order valence-electron chi connectivity index (χ3n) is 16.9. The Labute approximate surface area is 601 Å². The van der Waals surface area contributed by atoms with Crippen LogP contribution in [-0.2, 0) is 29.6 Å². The van der Waals surface area contributed by atoms with Gasteiger partial charge in [-0.3, -0.25) is 9.59 Å². The number of benzene rings is 8.